The van der Waals surface area contributed by atoms with Gasteiger partial charge in [0.15, 0.2) is 41.5 Å². The summed E-state index contributed by atoms with van der Waals surface area (Å²) in [5.74, 6) is 0. The maximum Gasteiger partial charge on any atom is 0.227 e. The molecule has 8 aromatic carbocycles. The second kappa shape index (κ2) is 27.8. The van der Waals surface area contributed by atoms with Gasteiger partial charge in [0.25, 0.3) is 0 Å². The van der Waals surface area contributed by atoms with E-state index in [-0.39, 0.29) is 22.3 Å². The van der Waals surface area contributed by atoms with Crippen molar-refractivity contribution in [1.82, 2.24) is 19.9 Å². The fourth-order valence-corrected chi connectivity index (χ4v) is 19.9. The Kier molecular flexibility index (Phi) is 12.4. The largest absolute Gasteiger partial charge is 0.455 e. The molecule has 608 valence electrons. The van der Waals surface area contributed by atoms with Gasteiger partial charge in [0.1, 0.15) is 56.0 Å². The van der Waals surface area contributed by atoms with E-state index in [1.165, 1.54) is 0 Å². The number of aromatic nitrogens is 8. The first-order valence-corrected chi connectivity index (χ1v) is 41.2. The molecule has 0 bridgehead atoms. The molecule has 0 aliphatic heterocycles. The molecule has 20 aromatic rings. The van der Waals surface area contributed by atoms with Crippen LogP contribution in [0.1, 0.15) is 177 Å². The van der Waals surface area contributed by atoms with E-state index >= 15 is 0 Å². The van der Waals surface area contributed by atoms with Crippen LogP contribution in [0, 0.1) is 55.1 Å². The fourth-order valence-electron chi connectivity index (χ4n) is 19.9. The second-order valence-corrected chi connectivity index (χ2v) is 34.2. The summed E-state index contributed by atoms with van der Waals surface area (Å²) in [6.07, 6.45) is 11.4. The zero-order valence-electron chi connectivity index (χ0n) is 94.3. The average molecular weight is 1650 g/mol. The molecular formula is C112H100N8O4+4. The third-order valence-corrected chi connectivity index (χ3v) is 26.0. The van der Waals surface area contributed by atoms with Gasteiger partial charge in [0.05, 0.1) is 39.3 Å². The SMILES string of the molecule is [2H]C([2H])([2H])c1ccc(-c2c(C)ccc3c2oc2c4c(ccc23)-c2cccnc2C4(C)C([2H])([2H])[2H])[n+](C)c1.[2H]C([2H])([2H])c1ccc(-c2c(C)ccc3c2oc2c4c(cnc23)C(C)(C([2H])([2H])[2H])c2ccccc2-4)[n+](C)c1.[2H]C([2H])([2H])c1ccc(-c2c(C)ccc3c2oc2cc4c(cc23)C(C)(C([2H])([2H])[2H])c2ncccc2-4)[n+](C)c1.[2H]C([2H])([2H])c1ccc(-c2c(C)ccc3c2oc2nc4c(cc23)C(C)(C([2H])([2H])[2H])c2ccccc2-4)[n+](C)c1. The van der Waals surface area contributed by atoms with Crippen LogP contribution in [-0.2, 0) is 49.9 Å². The van der Waals surface area contributed by atoms with Gasteiger partial charge in [-0.3, -0.25) is 15.0 Å². The summed E-state index contributed by atoms with van der Waals surface area (Å²) in [5.41, 5.74) is 23.5. The first kappa shape index (κ1) is 55.2. The predicted molar refractivity (Wildman–Crippen MR) is 501 cm³/mol. The number of nitrogens with zero attached hydrogens (tertiary/aromatic N) is 8. The van der Waals surface area contributed by atoms with Crippen LogP contribution in [0.15, 0.2) is 261 Å². The summed E-state index contributed by atoms with van der Waals surface area (Å²) in [7, 11) is 7.28. The molecule has 0 fully saturated rings. The van der Waals surface area contributed by atoms with E-state index in [0.29, 0.717) is 89.6 Å². The van der Waals surface area contributed by atoms with E-state index in [9.17, 15) is 0 Å². The lowest BCUT2D eigenvalue weighted by Crippen LogP contribution is -2.31. The van der Waals surface area contributed by atoms with Crippen molar-refractivity contribution in [2.45, 2.75) is 132 Å². The van der Waals surface area contributed by atoms with Gasteiger partial charge in [-0.05, 0) is 202 Å². The normalized spacial score (nSPS) is 21.0. The molecule has 0 radical (unpaired) electrons. The van der Waals surface area contributed by atoms with Gasteiger partial charge in [-0.15, -0.1) is 0 Å². The minimum absolute atomic E-state index is 0.254. The van der Waals surface area contributed by atoms with Crippen LogP contribution in [-0.4, -0.2) is 19.9 Å². The molecule has 4 atom stereocenters. The van der Waals surface area contributed by atoms with Gasteiger partial charge >= 0.3 is 0 Å². The van der Waals surface area contributed by atoms with Gasteiger partial charge in [0.2, 0.25) is 28.5 Å². The molecule has 4 unspecified atom stereocenters. The number of hydrogen-bond donors (Lipinski definition) is 0. The molecule has 0 amide bonds. The van der Waals surface area contributed by atoms with Crippen LogP contribution in [0.5, 0.6) is 0 Å². The number of rotatable bonds is 4. The molecule has 0 saturated carbocycles. The van der Waals surface area contributed by atoms with Crippen LogP contribution in [0.3, 0.4) is 0 Å². The van der Waals surface area contributed by atoms with Crippen molar-refractivity contribution in [3.63, 3.8) is 0 Å². The number of benzene rings is 8. The smallest absolute Gasteiger partial charge is 0.227 e. The average Bonchev–Trinajstić information content (AvgIpc) is 1.53. The lowest BCUT2D eigenvalue weighted by Gasteiger charge is -2.20. The zero-order valence-corrected chi connectivity index (χ0v) is 70.3. The quantitative estimate of drug-likeness (QED) is 0.160. The summed E-state index contributed by atoms with van der Waals surface area (Å²) in [6.45, 7) is -3.09. The number of hydrogen-bond acceptors (Lipinski definition) is 8. The van der Waals surface area contributed by atoms with Gasteiger partial charge < -0.3 is 17.7 Å². The van der Waals surface area contributed by atoms with Gasteiger partial charge in [0, 0.05) is 185 Å². The summed E-state index contributed by atoms with van der Waals surface area (Å²) < 4.78 is 227. The highest BCUT2D eigenvalue weighted by Gasteiger charge is 2.44. The number of pyridine rings is 8. The first-order chi connectivity index (χ1) is 69.3. The Morgan fingerprint density at radius 1 is 0.315 bits per heavy atom. The third-order valence-electron chi connectivity index (χ3n) is 26.0. The van der Waals surface area contributed by atoms with E-state index < -0.39 is 76.5 Å². The zero-order chi connectivity index (χ0) is 106. The molecular weight excluding hydrogens is 1520 g/mol. The van der Waals surface area contributed by atoms with Crippen LogP contribution in [0.2, 0.25) is 0 Å². The molecule has 4 aliphatic carbocycles. The van der Waals surface area contributed by atoms with E-state index in [1.807, 2.05) is 218 Å². The van der Waals surface area contributed by atoms with Crippen LogP contribution < -0.4 is 18.3 Å². The molecule has 12 aromatic heterocycles. The van der Waals surface area contributed by atoms with Crippen LogP contribution in [0.4, 0.5) is 0 Å². The Morgan fingerprint density at radius 3 is 1.28 bits per heavy atom. The molecule has 4 aliphatic rings. The second-order valence-electron chi connectivity index (χ2n) is 34.2. The lowest BCUT2D eigenvalue weighted by molar-refractivity contribution is -0.660. The van der Waals surface area contributed by atoms with Crippen molar-refractivity contribution in [3.05, 3.63) is 333 Å². The molecule has 0 N–H and O–H groups in total. The van der Waals surface area contributed by atoms with Crippen molar-refractivity contribution in [2.75, 3.05) is 0 Å². The van der Waals surface area contributed by atoms with Gasteiger partial charge in [-0.2, -0.15) is 0 Å². The Bertz CT molecular complexity index is 8780. The van der Waals surface area contributed by atoms with Crippen molar-refractivity contribution in [2.24, 2.45) is 28.2 Å². The van der Waals surface area contributed by atoms with E-state index in [4.69, 9.17) is 60.5 Å². The molecule has 124 heavy (non-hydrogen) atoms. The molecule has 12 nitrogen and oxygen atoms in total. The van der Waals surface area contributed by atoms with Crippen molar-refractivity contribution < 1.29 is 68.8 Å². The summed E-state index contributed by atoms with van der Waals surface area (Å²) in [5, 5.41) is 5.80. The van der Waals surface area contributed by atoms with Crippen molar-refractivity contribution >= 4 is 88.0 Å². The van der Waals surface area contributed by atoms with E-state index in [1.54, 1.807) is 127 Å². The standard InChI is InChI=1S/4C28H25N2O/c1-16-8-13-22(30(5)15-16)23-17(2)9-10-19-20-12-11-18-21-7-6-14-29-27(21)28(3,4)24(18)26(20)31-25(19)23;1-16-8-11-23(30(5)15-16)25-17(2)9-10-18-21-13-22-20(14-24(21)31-26(18)25)19-7-6-12-29-27(19)28(22,3)4;1-16-10-13-23(30(5)15-16)24-17(2)11-12-18-20-14-22-25(29-27(20)31-26(18)24)19-8-6-7-9-21(19)28(22,3)4;1-16-10-13-22(30(5)15-16)23-17(2)11-12-19-25-27(31-26(19)23)24-18-8-6-7-9-20(18)28(3,4)21(24)14-29-25/h4*6-15H,1-5H3/q4*+1/i4*1D3,3D3. The predicted octanol–water partition coefficient (Wildman–Crippen LogP) is 25.6. The van der Waals surface area contributed by atoms with Crippen molar-refractivity contribution in [1.29, 1.82) is 0 Å². The highest BCUT2D eigenvalue weighted by molar-refractivity contribution is 6.16. The maximum atomic E-state index is 8.51. The maximum absolute atomic E-state index is 8.51. The Balaban J connectivity index is 0.000000116. The van der Waals surface area contributed by atoms with Gasteiger partial charge in [-0.25, -0.2) is 23.3 Å². The highest BCUT2D eigenvalue weighted by Crippen LogP contribution is 2.57. The highest BCUT2D eigenvalue weighted by atomic mass is 16.3. The van der Waals surface area contributed by atoms with Gasteiger partial charge in [-0.1, -0.05) is 151 Å². The third kappa shape index (κ3) is 11.5. The van der Waals surface area contributed by atoms with Crippen LogP contribution in [0.25, 0.3) is 178 Å². The summed E-state index contributed by atoms with van der Waals surface area (Å²) in [4.78, 5) is 18.6. The summed E-state index contributed by atoms with van der Waals surface area (Å²) >= 11 is 0. The lowest BCUT2D eigenvalue weighted by atomic mass is 9.82. The van der Waals surface area contributed by atoms with Crippen LogP contribution >= 0.6 is 0 Å². The topological polar surface area (TPSA) is 120 Å². The Labute approximate surface area is 756 Å². The molecule has 0 spiro atoms. The van der Waals surface area contributed by atoms with E-state index in [0.717, 1.165) is 155 Å². The summed E-state index contributed by atoms with van der Waals surface area (Å²) in [6, 6.07) is 62.0. The van der Waals surface area contributed by atoms with Crippen molar-refractivity contribution in [3.8, 4) is 89.7 Å². The number of furan rings is 4. The number of aryl methyl sites for hydroxylation is 12. The Morgan fingerprint density at radius 2 is 0.742 bits per heavy atom. The Hall–Kier alpha value is -13.8. The molecule has 12 heteroatoms. The monoisotopic (exact) mass is 1640 g/mol. The molecule has 24 rings (SSSR count). The van der Waals surface area contributed by atoms with E-state index in [2.05, 4.69) is 9.97 Å². The number of fused-ring (bicyclic) bond motifs is 26. The minimum atomic E-state index is -2.36. The molecule has 0 saturated heterocycles. The fraction of sp³-hybridized carbons (Fsp3) is 0.214. The molecule has 12 heterocycles. The first-order valence-electron chi connectivity index (χ1n) is 53.2. The minimum Gasteiger partial charge on any atom is -0.455 e.